The molecular weight excluding hydrogens is 296 g/mol. The number of hydrogen-bond acceptors (Lipinski definition) is 5. The van der Waals surface area contributed by atoms with Crippen molar-refractivity contribution in [2.24, 2.45) is 0 Å². The molecule has 1 aliphatic heterocycles. The van der Waals surface area contributed by atoms with E-state index in [4.69, 9.17) is 16.3 Å². The van der Waals surface area contributed by atoms with Gasteiger partial charge in [0.25, 0.3) is 10.0 Å². The number of sulfonamides is 1. The SMILES string of the molecule is CC1(C)CC(NS(=O)(=O)c2cnc(Cl)s2)CCO1. The van der Waals surface area contributed by atoms with Gasteiger partial charge in [-0.25, -0.2) is 18.1 Å². The smallest absolute Gasteiger partial charge is 0.251 e. The maximum absolute atomic E-state index is 12.1. The van der Waals surface area contributed by atoms with E-state index in [2.05, 4.69) is 9.71 Å². The first-order valence-corrected chi connectivity index (χ1v) is 8.24. The topological polar surface area (TPSA) is 68.3 Å². The van der Waals surface area contributed by atoms with Crippen LogP contribution < -0.4 is 4.72 Å². The summed E-state index contributed by atoms with van der Waals surface area (Å²) < 4.78 is 32.8. The summed E-state index contributed by atoms with van der Waals surface area (Å²) in [5, 5.41) is 0. The van der Waals surface area contributed by atoms with Crippen molar-refractivity contribution in [3.8, 4) is 0 Å². The zero-order valence-corrected chi connectivity index (χ0v) is 12.5. The van der Waals surface area contributed by atoms with Gasteiger partial charge in [-0.05, 0) is 26.7 Å². The molecule has 0 aliphatic carbocycles. The molecule has 0 saturated carbocycles. The highest BCUT2D eigenvalue weighted by Gasteiger charge is 2.32. The Kier molecular flexibility index (Phi) is 3.99. The standard InChI is InChI=1S/C10H15ClN2O3S2/c1-10(2)5-7(3-4-16-10)13-18(14,15)8-6-12-9(11)17-8/h6-7,13H,3-5H2,1-2H3. The van der Waals surface area contributed by atoms with E-state index in [1.54, 1.807) is 0 Å². The van der Waals surface area contributed by atoms with Crippen LogP contribution in [0.1, 0.15) is 26.7 Å². The zero-order chi connectivity index (χ0) is 13.4. The van der Waals surface area contributed by atoms with Gasteiger partial charge in [0.1, 0.15) is 0 Å². The van der Waals surface area contributed by atoms with Gasteiger partial charge in [-0.1, -0.05) is 22.9 Å². The van der Waals surface area contributed by atoms with Crippen molar-refractivity contribution in [2.45, 2.75) is 42.5 Å². The molecule has 2 rings (SSSR count). The van der Waals surface area contributed by atoms with Crippen LogP contribution in [0.2, 0.25) is 4.47 Å². The Morgan fingerprint density at radius 3 is 2.89 bits per heavy atom. The zero-order valence-electron chi connectivity index (χ0n) is 10.1. The van der Waals surface area contributed by atoms with Gasteiger partial charge in [0.15, 0.2) is 8.68 Å². The molecular formula is C10H15ClN2O3S2. The lowest BCUT2D eigenvalue weighted by molar-refractivity contribution is -0.0599. The van der Waals surface area contributed by atoms with Crippen molar-refractivity contribution in [3.05, 3.63) is 10.7 Å². The van der Waals surface area contributed by atoms with Crippen LogP contribution in [0.3, 0.4) is 0 Å². The van der Waals surface area contributed by atoms with Gasteiger partial charge in [-0.3, -0.25) is 0 Å². The first-order valence-electron chi connectivity index (χ1n) is 5.56. The first-order chi connectivity index (χ1) is 8.28. The van der Waals surface area contributed by atoms with Gasteiger partial charge in [-0.2, -0.15) is 0 Å². The number of nitrogens with zero attached hydrogens (tertiary/aromatic N) is 1. The van der Waals surface area contributed by atoms with Crippen LogP contribution in [0.5, 0.6) is 0 Å². The molecule has 1 unspecified atom stereocenters. The normalized spacial score (nSPS) is 24.1. The lowest BCUT2D eigenvalue weighted by Crippen LogP contribution is -2.45. The molecule has 0 aromatic carbocycles. The Labute approximate surface area is 116 Å². The van der Waals surface area contributed by atoms with Gasteiger partial charge in [-0.15, -0.1) is 0 Å². The lowest BCUT2D eigenvalue weighted by Gasteiger charge is -2.35. The van der Waals surface area contributed by atoms with E-state index < -0.39 is 10.0 Å². The maximum atomic E-state index is 12.1. The van der Waals surface area contributed by atoms with E-state index in [0.29, 0.717) is 19.4 Å². The minimum absolute atomic E-state index is 0.111. The summed E-state index contributed by atoms with van der Waals surface area (Å²) in [6, 6.07) is -0.111. The molecule has 102 valence electrons. The molecule has 1 N–H and O–H groups in total. The second-order valence-electron chi connectivity index (χ2n) is 4.85. The summed E-state index contributed by atoms with van der Waals surface area (Å²) in [7, 11) is -3.52. The van der Waals surface area contributed by atoms with Gasteiger partial charge in [0.2, 0.25) is 0 Å². The summed E-state index contributed by atoms with van der Waals surface area (Å²) in [5.41, 5.74) is -0.295. The van der Waals surface area contributed by atoms with Crippen LogP contribution in [0.4, 0.5) is 0 Å². The fourth-order valence-electron chi connectivity index (χ4n) is 1.97. The average Bonchev–Trinajstić information content (AvgIpc) is 2.63. The summed E-state index contributed by atoms with van der Waals surface area (Å²) in [6.07, 6.45) is 2.60. The summed E-state index contributed by atoms with van der Waals surface area (Å²) in [6.45, 7) is 4.47. The Morgan fingerprint density at radius 2 is 2.33 bits per heavy atom. The molecule has 1 fully saturated rings. The van der Waals surface area contributed by atoms with Crippen molar-refractivity contribution in [2.75, 3.05) is 6.61 Å². The van der Waals surface area contributed by atoms with E-state index >= 15 is 0 Å². The monoisotopic (exact) mass is 310 g/mol. The number of thiazole rings is 1. The predicted molar refractivity (Wildman–Crippen MR) is 70.5 cm³/mol. The molecule has 2 heterocycles. The number of nitrogens with one attached hydrogen (secondary N) is 1. The molecule has 0 bridgehead atoms. The summed E-state index contributed by atoms with van der Waals surface area (Å²) in [5.74, 6) is 0. The van der Waals surface area contributed by atoms with Crippen molar-refractivity contribution in [1.29, 1.82) is 0 Å². The Balaban J connectivity index is 2.09. The Hall–Kier alpha value is -0.210. The highest BCUT2D eigenvalue weighted by molar-refractivity contribution is 7.91. The number of ether oxygens (including phenoxy) is 1. The summed E-state index contributed by atoms with van der Waals surface area (Å²) >= 11 is 6.61. The van der Waals surface area contributed by atoms with Crippen molar-refractivity contribution in [3.63, 3.8) is 0 Å². The predicted octanol–water partition coefficient (Wildman–Crippen LogP) is 2.03. The minimum Gasteiger partial charge on any atom is -0.375 e. The molecule has 1 atom stereocenters. The molecule has 0 amide bonds. The molecule has 5 nitrogen and oxygen atoms in total. The van der Waals surface area contributed by atoms with Crippen LogP contribution in [0, 0.1) is 0 Å². The van der Waals surface area contributed by atoms with Crippen LogP contribution in [-0.2, 0) is 14.8 Å². The van der Waals surface area contributed by atoms with Gasteiger partial charge >= 0.3 is 0 Å². The van der Waals surface area contributed by atoms with E-state index in [9.17, 15) is 8.42 Å². The fraction of sp³-hybridized carbons (Fsp3) is 0.700. The number of aromatic nitrogens is 1. The van der Waals surface area contributed by atoms with Crippen LogP contribution in [-0.4, -0.2) is 31.7 Å². The molecule has 1 saturated heterocycles. The van der Waals surface area contributed by atoms with Gasteiger partial charge in [0.05, 0.1) is 11.8 Å². The lowest BCUT2D eigenvalue weighted by atomic mass is 9.95. The summed E-state index contributed by atoms with van der Waals surface area (Å²) in [4.78, 5) is 3.74. The van der Waals surface area contributed by atoms with Crippen LogP contribution in [0.25, 0.3) is 0 Å². The number of rotatable bonds is 3. The van der Waals surface area contributed by atoms with E-state index in [1.165, 1.54) is 6.20 Å². The third kappa shape index (κ3) is 3.42. The van der Waals surface area contributed by atoms with E-state index in [0.717, 1.165) is 11.3 Å². The average molecular weight is 311 g/mol. The Bertz CT molecular complexity index is 527. The van der Waals surface area contributed by atoms with Crippen molar-refractivity contribution >= 4 is 33.0 Å². The van der Waals surface area contributed by atoms with Crippen LogP contribution in [0.15, 0.2) is 10.4 Å². The number of halogens is 1. The Morgan fingerprint density at radius 1 is 1.61 bits per heavy atom. The van der Waals surface area contributed by atoms with E-state index in [-0.39, 0.29) is 20.3 Å². The maximum Gasteiger partial charge on any atom is 0.251 e. The second kappa shape index (κ2) is 5.05. The third-order valence-electron chi connectivity index (χ3n) is 2.74. The largest absolute Gasteiger partial charge is 0.375 e. The minimum atomic E-state index is -3.52. The molecule has 18 heavy (non-hydrogen) atoms. The van der Waals surface area contributed by atoms with E-state index in [1.807, 2.05) is 13.8 Å². The molecule has 0 spiro atoms. The van der Waals surface area contributed by atoms with Crippen LogP contribution >= 0.6 is 22.9 Å². The molecule has 8 heteroatoms. The van der Waals surface area contributed by atoms with Crippen molar-refractivity contribution in [1.82, 2.24) is 9.71 Å². The molecule has 0 radical (unpaired) electrons. The van der Waals surface area contributed by atoms with Gasteiger partial charge < -0.3 is 4.74 Å². The highest BCUT2D eigenvalue weighted by Crippen LogP contribution is 2.27. The fourth-order valence-corrected chi connectivity index (χ4v) is 4.55. The highest BCUT2D eigenvalue weighted by atomic mass is 35.5. The quantitative estimate of drug-likeness (QED) is 0.927. The van der Waals surface area contributed by atoms with Crippen molar-refractivity contribution < 1.29 is 13.2 Å². The first kappa shape index (κ1) is 14.2. The third-order valence-corrected chi connectivity index (χ3v) is 5.84. The molecule has 1 aliphatic rings. The molecule has 1 aromatic rings. The second-order valence-corrected chi connectivity index (χ2v) is 8.41. The molecule has 1 aromatic heterocycles. The van der Waals surface area contributed by atoms with Gasteiger partial charge in [0, 0.05) is 12.6 Å². The number of hydrogen-bond donors (Lipinski definition) is 1.